The highest BCUT2D eigenvalue weighted by molar-refractivity contribution is 7.07. The predicted octanol–water partition coefficient (Wildman–Crippen LogP) is 1.58. The van der Waals surface area contributed by atoms with Crippen LogP contribution in [0.1, 0.15) is 25.3 Å². The van der Waals surface area contributed by atoms with Gasteiger partial charge < -0.3 is 15.2 Å². The Balaban J connectivity index is 0.000000280. The Morgan fingerprint density at radius 2 is 2.28 bits per heavy atom. The second-order valence-electron chi connectivity index (χ2n) is 4.33. The number of thiophene rings is 1. The van der Waals surface area contributed by atoms with Crippen LogP contribution in [-0.4, -0.2) is 36.9 Å². The second kappa shape index (κ2) is 8.24. The highest BCUT2D eigenvalue weighted by Gasteiger charge is 2.29. The van der Waals surface area contributed by atoms with E-state index in [9.17, 15) is 9.90 Å². The maximum atomic E-state index is 10.2. The lowest BCUT2D eigenvalue weighted by molar-refractivity contribution is -0.128. The van der Waals surface area contributed by atoms with Gasteiger partial charge in [-0.25, -0.2) is 0 Å². The molecule has 0 aliphatic carbocycles. The Hall–Kier alpha value is -0.910. The highest BCUT2D eigenvalue weighted by Crippen LogP contribution is 2.24. The van der Waals surface area contributed by atoms with Crippen LogP contribution >= 0.6 is 11.3 Å². The zero-order valence-electron chi connectivity index (χ0n) is 10.7. The molecule has 0 amide bonds. The van der Waals surface area contributed by atoms with Crippen molar-refractivity contribution in [1.29, 1.82) is 0 Å². The van der Waals surface area contributed by atoms with E-state index in [4.69, 9.17) is 0 Å². The Kier molecular flexibility index (Phi) is 6.93. The van der Waals surface area contributed by atoms with Crippen LogP contribution in [0.2, 0.25) is 0 Å². The maximum Gasteiger partial charge on any atom is 0.293 e. The Bertz CT molecular complexity index is 321. The summed E-state index contributed by atoms with van der Waals surface area (Å²) < 4.78 is 4.15. The van der Waals surface area contributed by atoms with E-state index >= 15 is 0 Å². The molecule has 2 heterocycles. The van der Waals surface area contributed by atoms with Gasteiger partial charge in [0.05, 0.1) is 12.2 Å². The molecule has 0 unspecified atom stereocenters. The van der Waals surface area contributed by atoms with Crippen molar-refractivity contribution in [3.8, 4) is 0 Å². The predicted molar refractivity (Wildman–Crippen MR) is 72.8 cm³/mol. The third-order valence-corrected chi connectivity index (χ3v) is 3.61. The summed E-state index contributed by atoms with van der Waals surface area (Å²) in [5, 5.41) is 17.7. The van der Waals surface area contributed by atoms with Gasteiger partial charge in [-0.3, -0.25) is 4.79 Å². The summed E-state index contributed by atoms with van der Waals surface area (Å²) in [7, 11) is 0. The van der Waals surface area contributed by atoms with Crippen molar-refractivity contribution in [1.82, 2.24) is 5.32 Å². The molecule has 18 heavy (non-hydrogen) atoms. The fraction of sp³-hybridized carbons (Fsp3) is 0.615. The van der Waals surface area contributed by atoms with Gasteiger partial charge in [-0.05, 0) is 55.2 Å². The third kappa shape index (κ3) is 5.62. The molecule has 2 rings (SSSR count). The van der Waals surface area contributed by atoms with E-state index in [1.165, 1.54) is 5.56 Å². The van der Waals surface area contributed by atoms with Crippen LogP contribution in [0.15, 0.2) is 16.8 Å². The smallest absolute Gasteiger partial charge is 0.293 e. The van der Waals surface area contributed by atoms with Crippen molar-refractivity contribution in [3.05, 3.63) is 22.4 Å². The van der Waals surface area contributed by atoms with E-state index in [-0.39, 0.29) is 0 Å². The number of hydrogen-bond donors (Lipinski definition) is 2. The quantitative estimate of drug-likeness (QED) is 0.816. The van der Waals surface area contributed by atoms with E-state index in [1.807, 2.05) is 0 Å². The summed E-state index contributed by atoms with van der Waals surface area (Å²) in [6.07, 6.45) is 2.57. The number of rotatable bonds is 4. The van der Waals surface area contributed by atoms with Crippen LogP contribution in [0.3, 0.4) is 0 Å². The van der Waals surface area contributed by atoms with Crippen LogP contribution in [0.5, 0.6) is 0 Å². The number of piperidine rings is 1. The lowest BCUT2D eigenvalue weighted by atomic mass is 9.87. The van der Waals surface area contributed by atoms with Gasteiger partial charge in [-0.1, -0.05) is 0 Å². The Morgan fingerprint density at radius 1 is 1.56 bits per heavy atom. The lowest BCUT2D eigenvalue weighted by Gasteiger charge is -2.32. The number of ether oxygens (including phenoxy) is 1. The molecule has 1 aromatic heterocycles. The van der Waals surface area contributed by atoms with E-state index in [2.05, 4.69) is 26.9 Å². The van der Waals surface area contributed by atoms with Gasteiger partial charge in [0.2, 0.25) is 0 Å². The van der Waals surface area contributed by atoms with Crippen LogP contribution in [0.4, 0.5) is 0 Å². The van der Waals surface area contributed by atoms with Crippen molar-refractivity contribution < 1.29 is 14.6 Å². The van der Waals surface area contributed by atoms with Crippen molar-refractivity contribution >= 4 is 17.8 Å². The molecule has 1 fully saturated rings. The van der Waals surface area contributed by atoms with Gasteiger partial charge in [0.1, 0.15) is 0 Å². The Morgan fingerprint density at radius 3 is 2.72 bits per heavy atom. The minimum atomic E-state index is -0.452. The average Bonchev–Trinajstić information content (AvgIpc) is 2.84. The molecule has 0 atom stereocenters. The van der Waals surface area contributed by atoms with Crippen LogP contribution < -0.4 is 5.32 Å². The van der Waals surface area contributed by atoms with Crippen molar-refractivity contribution in [2.45, 2.75) is 31.8 Å². The third-order valence-electron chi connectivity index (χ3n) is 2.88. The first-order valence-corrected chi connectivity index (χ1v) is 7.14. The molecule has 0 saturated carbocycles. The van der Waals surface area contributed by atoms with Crippen molar-refractivity contribution in [2.75, 3.05) is 19.7 Å². The van der Waals surface area contributed by atoms with Gasteiger partial charge in [-0.15, -0.1) is 0 Å². The first-order valence-electron chi connectivity index (χ1n) is 6.19. The lowest BCUT2D eigenvalue weighted by Crippen LogP contribution is -2.43. The molecule has 1 aliphatic rings. The van der Waals surface area contributed by atoms with Crippen molar-refractivity contribution in [2.24, 2.45) is 0 Å². The highest BCUT2D eigenvalue weighted by atomic mass is 32.1. The fourth-order valence-corrected chi connectivity index (χ4v) is 2.58. The number of aliphatic hydroxyl groups is 1. The van der Waals surface area contributed by atoms with Crippen molar-refractivity contribution in [3.63, 3.8) is 0 Å². The maximum absolute atomic E-state index is 10.2. The first kappa shape index (κ1) is 15.1. The van der Waals surface area contributed by atoms with E-state index < -0.39 is 5.60 Å². The van der Waals surface area contributed by atoms with Crippen LogP contribution in [0.25, 0.3) is 0 Å². The number of nitrogens with one attached hydrogen (secondary N) is 1. The standard InChI is InChI=1S/C10H15NOS.C3H6O2/c12-10(2-4-11-5-3-10)7-9-1-6-13-8-9;1-2-5-3-4/h1,6,8,11-12H,2-5,7H2;3H,2H2,1H3. The zero-order valence-corrected chi connectivity index (χ0v) is 11.5. The van der Waals surface area contributed by atoms with Gasteiger partial charge in [0, 0.05) is 6.42 Å². The topological polar surface area (TPSA) is 58.6 Å². The van der Waals surface area contributed by atoms with Crippen LogP contribution in [-0.2, 0) is 16.0 Å². The molecule has 1 saturated heterocycles. The van der Waals surface area contributed by atoms with Gasteiger partial charge >= 0.3 is 0 Å². The van der Waals surface area contributed by atoms with E-state index in [0.717, 1.165) is 32.4 Å². The molecular formula is C13H21NO3S. The molecule has 2 N–H and O–H groups in total. The van der Waals surface area contributed by atoms with Gasteiger partial charge in [-0.2, -0.15) is 11.3 Å². The summed E-state index contributed by atoms with van der Waals surface area (Å²) in [6, 6.07) is 2.10. The molecule has 0 aromatic carbocycles. The van der Waals surface area contributed by atoms with Crippen LogP contribution in [0, 0.1) is 0 Å². The number of carbonyl (C=O) groups excluding carboxylic acids is 1. The largest absolute Gasteiger partial charge is 0.468 e. The SMILES string of the molecule is CCOC=O.OC1(Cc2ccsc2)CCNCC1. The summed E-state index contributed by atoms with van der Waals surface area (Å²) in [5.41, 5.74) is 0.821. The van der Waals surface area contributed by atoms with E-state index in [0.29, 0.717) is 13.1 Å². The molecule has 0 radical (unpaired) electrons. The monoisotopic (exact) mass is 271 g/mol. The van der Waals surface area contributed by atoms with Gasteiger partial charge in [0.25, 0.3) is 6.47 Å². The summed E-state index contributed by atoms with van der Waals surface area (Å²) >= 11 is 1.70. The molecule has 1 aromatic rings. The average molecular weight is 271 g/mol. The molecule has 0 bridgehead atoms. The van der Waals surface area contributed by atoms with Gasteiger partial charge in [0.15, 0.2) is 0 Å². The van der Waals surface area contributed by atoms with E-state index in [1.54, 1.807) is 18.3 Å². The minimum absolute atomic E-state index is 0.431. The summed E-state index contributed by atoms with van der Waals surface area (Å²) in [6.45, 7) is 4.55. The molecule has 102 valence electrons. The second-order valence-corrected chi connectivity index (χ2v) is 5.11. The first-order chi connectivity index (χ1) is 8.70. The molecule has 5 heteroatoms. The summed E-state index contributed by atoms with van der Waals surface area (Å²) in [4.78, 5) is 9.18. The molecule has 0 spiro atoms. The summed E-state index contributed by atoms with van der Waals surface area (Å²) in [5.74, 6) is 0. The fourth-order valence-electron chi connectivity index (χ4n) is 1.91. The minimum Gasteiger partial charge on any atom is -0.468 e. The molecule has 4 nitrogen and oxygen atoms in total. The molecular weight excluding hydrogens is 250 g/mol. The zero-order chi connectivity index (χ0) is 13.3. The molecule has 1 aliphatic heterocycles. The number of carbonyl (C=O) groups is 1. The Labute approximate surface area is 112 Å². The number of hydrogen-bond acceptors (Lipinski definition) is 5. The normalized spacial score (nSPS) is 17.4.